The smallest absolute Gasteiger partial charge is 0.114 e. The first-order valence-electron chi connectivity index (χ1n) is 3.38. The number of rotatable bonds is 0. The Morgan fingerprint density at radius 1 is 0.900 bits per heavy atom. The molecule has 0 bridgehead atoms. The second-order valence-electron chi connectivity index (χ2n) is 2.73. The molecular formula is C6H10O4. The molecule has 2 heterocycles. The summed E-state index contributed by atoms with van der Waals surface area (Å²) in [6, 6.07) is 0. The molecule has 0 aliphatic carbocycles. The molecule has 58 valence electrons. The van der Waals surface area contributed by atoms with Crippen LogP contribution in [0.15, 0.2) is 0 Å². The Labute approximate surface area is 58.4 Å². The molecule has 4 heteroatoms. The molecule has 3 unspecified atom stereocenters. The maximum atomic E-state index is 9.16. The molecule has 0 spiro atoms. The van der Waals surface area contributed by atoms with E-state index in [9.17, 15) is 0 Å². The van der Waals surface area contributed by atoms with E-state index in [-0.39, 0.29) is 25.4 Å². The maximum absolute atomic E-state index is 9.16. The summed E-state index contributed by atoms with van der Waals surface area (Å²) in [5.41, 5.74) is 0. The van der Waals surface area contributed by atoms with Gasteiger partial charge in [0.25, 0.3) is 0 Å². The Balaban J connectivity index is 2.09. The SMILES string of the molecule is OC1COC2C1OC[C@@H]2O. The van der Waals surface area contributed by atoms with Gasteiger partial charge >= 0.3 is 0 Å². The van der Waals surface area contributed by atoms with Crippen molar-refractivity contribution in [3.8, 4) is 0 Å². The first-order valence-corrected chi connectivity index (χ1v) is 3.38. The normalized spacial score (nSPS) is 53.4. The Bertz CT molecular complexity index is 122. The Morgan fingerprint density at radius 3 is 1.70 bits per heavy atom. The van der Waals surface area contributed by atoms with Crippen LogP contribution in [0.3, 0.4) is 0 Å². The van der Waals surface area contributed by atoms with E-state index < -0.39 is 12.2 Å². The highest BCUT2D eigenvalue weighted by Gasteiger charge is 2.46. The largest absolute Gasteiger partial charge is 0.388 e. The fourth-order valence-electron chi connectivity index (χ4n) is 1.46. The van der Waals surface area contributed by atoms with Crippen molar-refractivity contribution in [1.82, 2.24) is 0 Å². The molecule has 0 amide bonds. The first kappa shape index (κ1) is 6.54. The van der Waals surface area contributed by atoms with Crippen LogP contribution in [-0.2, 0) is 9.47 Å². The Kier molecular flexibility index (Phi) is 1.42. The van der Waals surface area contributed by atoms with Crippen LogP contribution in [0.1, 0.15) is 0 Å². The molecular weight excluding hydrogens is 136 g/mol. The van der Waals surface area contributed by atoms with Crippen LogP contribution in [-0.4, -0.2) is 47.8 Å². The Morgan fingerprint density at radius 2 is 1.30 bits per heavy atom. The molecule has 2 aliphatic heterocycles. The predicted molar refractivity (Wildman–Crippen MR) is 31.5 cm³/mol. The number of fused-ring (bicyclic) bond motifs is 1. The Hall–Kier alpha value is -0.160. The summed E-state index contributed by atoms with van der Waals surface area (Å²) >= 11 is 0. The average Bonchev–Trinajstić information content (AvgIpc) is 2.41. The number of hydrogen-bond acceptors (Lipinski definition) is 4. The van der Waals surface area contributed by atoms with Gasteiger partial charge in [0, 0.05) is 0 Å². The number of hydrogen-bond donors (Lipinski definition) is 2. The lowest BCUT2D eigenvalue weighted by Gasteiger charge is -2.09. The molecule has 0 aromatic rings. The van der Waals surface area contributed by atoms with E-state index in [0.29, 0.717) is 0 Å². The van der Waals surface area contributed by atoms with Gasteiger partial charge in [0.1, 0.15) is 24.4 Å². The summed E-state index contributed by atoms with van der Waals surface area (Å²) in [6.07, 6.45) is -1.70. The lowest BCUT2D eigenvalue weighted by atomic mass is 10.1. The summed E-state index contributed by atoms with van der Waals surface area (Å²) in [5.74, 6) is 0. The van der Waals surface area contributed by atoms with Crippen molar-refractivity contribution < 1.29 is 19.7 Å². The minimum atomic E-state index is -0.554. The van der Waals surface area contributed by atoms with Gasteiger partial charge in [0.15, 0.2) is 0 Å². The zero-order valence-corrected chi connectivity index (χ0v) is 5.43. The van der Waals surface area contributed by atoms with Gasteiger partial charge in [-0.1, -0.05) is 0 Å². The molecule has 2 saturated heterocycles. The van der Waals surface area contributed by atoms with E-state index >= 15 is 0 Å². The lowest BCUT2D eigenvalue weighted by Crippen LogP contribution is -2.30. The van der Waals surface area contributed by atoms with Gasteiger partial charge in [0.05, 0.1) is 13.2 Å². The first-order chi connectivity index (χ1) is 4.79. The van der Waals surface area contributed by atoms with Gasteiger partial charge in [-0.05, 0) is 0 Å². The van der Waals surface area contributed by atoms with Crippen LogP contribution in [0.4, 0.5) is 0 Å². The highest BCUT2D eigenvalue weighted by atomic mass is 16.6. The van der Waals surface area contributed by atoms with E-state index in [1.165, 1.54) is 0 Å². The van der Waals surface area contributed by atoms with Crippen molar-refractivity contribution in [3.63, 3.8) is 0 Å². The van der Waals surface area contributed by atoms with Crippen LogP contribution in [0, 0.1) is 0 Å². The molecule has 2 aliphatic rings. The van der Waals surface area contributed by atoms with Crippen molar-refractivity contribution in [2.75, 3.05) is 13.2 Å². The van der Waals surface area contributed by atoms with Crippen LogP contribution in [0.25, 0.3) is 0 Å². The third-order valence-corrected chi connectivity index (χ3v) is 2.00. The molecule has 0 aromatic carbocycles. The zero-order chi connectivity index (χ0) is 7.14. The summed E-state index contributed by atoms with van der Waals surface area (Å²) in [5, 5.41) is 18.3. The number of aliphatic hydroxyl groups is 2. The van der Waals surface area contributed by atoms with Crippen molar-refractivity contribution in [2.45, 2.75) is 24.4 Å². The zero-order valence-electron chi connectivity index (χ0n) is 5.43. The summed E-state index contributed by atoms with van der Waals surface area (Å²) in [7, 11) is 0. The van der Waals surface area contributed by atoms with Crippen molar-refractivity contribution in [1.29, 1.82) is 0 Å². The van der Waals surface area contributed by atoms with Gasteiger partial charge in [-0.3, -0.25) is 0 Å². The molecule has 2 fully saturated rings. The van der Waals surface area contributed by atoms with Gasteiger partial charge in [-0.15, -0.1) is 0 Å². The summed E-state index contributed by atoms with van der Waals surface area (Å²) in [4.78, 5) is 0. The monoisotopic (exact) mass is 146 g/mol. The molecule has 4 nitrogen and oxygen atoms in total. The lowest BCUT2D eigenvalue weighted by molar-refractivity contribution is 0.00205. The van der Waals surface area contributed by atoms with E-state index in [1.54, 1.807) is 0 Å². The fraction of sp³-hybridized carbons (Fsp3) is 1.00. The highest BCUT2D eigenvalue weighted by molar-refractivity contribution is 4.93. The van der Waals surface area contributed by atoms with Crippen LogP contribution in [0.2, 0.25) is 0 Å². The van der Waals surface area contributed by atoms with Crippen molar-refractivity contribution in [3.05, 3.63) is 0 Å². The van der Waals surface area contributed by atoms with Gasteiger partial charge < -0.3 is 19.7 Å². The van der Waals surface area contributed by atoms with Crippen LogP contribution in [0.5, 0.6) is 0 Å². The fourth-order valence-corrected chi connectivity index (χ4v) is 1.46. The number of ether oxygens (including phenoxy) is 2. The second-order valence-corrected chi connectivity index (χ2v) is 2.73. The maximum Gasteiger partial charge on any atom is 0.114 e. The summed E-state index contributed by atoms with van der Waals surface area (Å²) in [6.45, 7) is 0.568. The molecule has 2 N–H and O–H groups in total. The minimum Gasteiger partial charge on any atom is -0.388 e. The van der Waals surface area contributed by atoms with E-state index in [1.807, 2.05) is 0 Å². The molecule has 4 atom stereocenters. The topological polar surface area (TPSA) is 58.9 Å². The van der Waals surface area contributed by atoms with Crippen molar-refractivity contribution >= 4 is 0 Å². The molecule has 0 aromatic heterocycles. The highest BCUT2D eigenvalue weighted by Crippen LogP contribution is 2.26. The van der Waals surface area contributed by atoms with Gasteiger partial charge in [-0.2, -0.15) is 0 Å². The molecule has 2 rings (SSSR count). The molecule has 10 heavy (non-hydrogen) atoms. The second kappa shape index (κ2) is 2.17. The molecule has 0 saturated carbocycles. The molecule has 0 radical (unpaired) electrons. The van der Waals surface area contributed by atoms with E-state index in [0.717, 1.165) is 0 Å². The third kappa shape index (κ3) is 0.769. The van der Waals surface area contributed by atoms with Crippen molar-refractivity contribution in [2.24, 2.45) is 0 Å². The quantitative estimate of drug-likeness (QED) is 0.437. The predicted octanol–water partition coefficient (Wildman–Crippen LogP) is -1.49. The van der Waals surface area contributed by atoms with Gasteiger partial charge in [-0.25, -0.2) is 0 Å². The van der Waals surface area contributed by atoms with E-state index in [4.69, 9.17) is 19.7 Å². The number of aliphatic hydroxyl groups excluding tert-OH is 2. The average molecular weight is 146 g/mol. The van der Waals surface area contributed by atoms with Gasteiger partial charge in [0.2, 0.25) is 0 Å². The standard InChI is InChI=1S/C6H10O4/c7-3-1-9-6-4(8)2-10-5(3)6/h3-8H,1-2H2/t3-,4?,5?,6?/m0/s1. The van der Waals surface area contributed by atoms with E-state index in [2.05, 4.69) is 0 Å². The van der Waals surface area contributed by atoms with Crippen LogP contribution >= 0.6 is 0 Å². The summed E-state index contributed by atoms with van der Waals surface area (Å²) < 4.78 is 10.2. The third-order valence-electron chi connectivity index (χ3n) is 2.00. The minimum absolute atomic E-state index is 0.284. The van der Waals surface area contributed by atoms with Crippen LogP contribution < -0.4 is 0 Å².